The van der Waals surface area contributed by atoms with E-state index in [1.165, 1.54) is 0 Å². The fourth-order valence-corrected chi connectivity index (χ4v) is 0. The maximum Gasteiger partial charge on any atom is 3.00 e. The minimum absolute atomic E-state index is 0. The van der Waals surface area contributed by atoms with Crippen LogP contribution in [0.3, 0.4) is 0 Å². The molecule has 0 rings (SSSR count). The van der Waals surface area contributed by atoms with Gasteiger partial charge in [0, 0.05) is 0 Å². The Balaban J connectivity index is 0. The molecule has 0 aliphatic carbocycles. The van der Waals surface area contributed by atoms with Gasteiger partial charge in [-0.15, -0.1) is 0 Å². The zero-order valence-electron chi connectivity index (χ0n) is 1.68. The van der Waals surface area contributed by atoms with Crippen LogP contribution < -0.4 is 0 Å². The second kappa shape index (κ2) is 18.6. The van der Waals surface area contributed by atoms with E-state index in [9.17, 15) is 0 Å². The summed E-state index contributed by atoms with van der Waals surface area (Å²) >= 11 is 0. The van der Waals surface area contributed by atoms with Crippen LogP contribution in [0.1, 0.15) is 0 Å². The summed E-state index contributed by atoms with van der Waals surface area (Å²) in [5, 5.41) is 0. The molecule has 0 N–H and O–H groups in total. The van der Waals surface area contributed by atoms with Crippen LogP contribution in [0.5, 0.6) is 0 Å². The third kappa shape index (κ3) is 8.86. The summed E-state index contributed by atoms with van der Waals surface area (Å²) in [5.74, 6) is 0. The summed E-state index contributed by atoms with van der Waals surface area (Å²) in [7, 11) is 0. The van der Waals surface area contributed by atoms with Gasteiger partial charge in [0.05, 0.1) is 0 Å². The first-order chi connectivity index (χ1) is 0. The van der Waals surface area contributed by atoms with Crippen LogP contribution in [0, 0.1) is 37.3 Å². The van der Waals surface area contributed by atoms with E-state index in [0.29, 0.717) is 0 Å². The first-order valence-electron chi connectivity index (χ1n) is 0. The molecule has 25 valence electrons. The summed E-state index contributed by atoms with van der Waals surface area (Å²) in [4.78, 5) is 0. The normalized spacial score (nSPS) is 0. The number of hydrogen-bond donors (Lipinski definition) is 0. The summed E-state index contributed by atoms with van der Waals surface area (Å²) in [6.07, 6.45) is 0. The van der Waals surface area contributed by atoms with Crippen molar-refractivity contribution in [2.75, 3.05) is 0 Å². The molecule has 0 aromatic heterocycles. The molecule has 4 heavy (non-hydrogen) atoms. The van der Waals surface area contributed by atoms with E-state index in [1.807, 2.05) is 0 Å². The van der Waals surface area contributed by atoms with Crippen molar-refractivity contribution in [2.24, 2.45) is 0 Å². The smallest absolute Gasteiger partial charge is 2.00 e. The van der Waals surface area contributed by atoms with Crippen LogP contribution in [0.15, 0.2) is 0 Å². The first kappa shape index (κ1) is 33.8. The van der Waals surface area contributed by atoms with Gasteiger partial charge in [0.1, 0.15) is 0 Å². The van der Waals surface area contributed by atoms with Crippen molar-refractivity contribution in [3.05, 3.63) is 0 Å². The summed E-state index contributed by atoms with van der Waals surface area (Å²) in [6, 6.07) is 0. The monoisotopic (exact) mass is 287 g/mol. The van der Waals surface area contributed by atoms with Gasteiger partial charge in [-0.2, -0.15) is 0 Å². The molecule has 4 heteroatoms. The van der Waals surface area contributed by atoms with Gasteiger partial charge in [0.15, 0.2) is 0 Å². The molecule has 2 nitrogen and oxygen atoms in total. The van der Waals surface area contributed by atoms with Gasteiger partial charge >= 0.3 is 70.0 Å². The van der Waals surface area contributed by atoms with Crippen LogP contribution >= 0.6 is 0 Å². The van der Waals surface area contributed by atoms with Gasteiger partial charge < -0.3 is 11.0 Å². The van der Waals surface area contributed by atoms with E-state index in [-0.39, 0.29) is 81.0 Å². The van der Waals surface area contributed by atoms with Crippen molar-refractivity contribution in [3.63, 3.8) is 0 Å². The third-order valence-corrected chi connectivity index (χ3v) is 0. The fourth-order valence-electron chi connectivity index (χ4n) is 0. The second-order valence-corrected chi connectivity index (χ2v) is 0. The Kier molecular flexibility index (Phi) is 157. The van der Waals surface area contributed by atoms with Crippen molar-refractivity contribution < 1.29 is 81.0 Å². The van der Waals surface area contributed by atoms with Crippen LogP contribution in [0.2, 0.25) is 0 Å². The molecular weight excluding hydrogens is 288 g/mol. The zero-order chi connectivity index (χ0) is 0. The van der Waals surface area contributed by atoms with Gasteiger partial charge in [0.2, 0.25) is 0 Å². The van der Waals surface area contributed by atoms with Gasteiger partial charge in [-0.25, -0.2) is 0 Å². The molecule has 0 saturated heterocycles. The molecule has 0 spiro atoms. The summed E-state index contributed by atoms with van der Waals surface area (Å²) in [5.41, 5.74) is 0. The van der Waals surface area contributed by atoms with Crippen LogP contribution in [-0.4, -0.2) is 0 Å². The Labute approximate surface area is 79.4 Å². The van der Waals surface area contributed by atoms with E-state index in [1.54, 1.807) is 0 Å². The minimum Gasteiger partial charge on any atom is -2.00 e. The standard InChI is InChI=1S/Er.2O.Y/q+3;2*-2;+3. The Bertz CT molecular complexity index is 6.00. The summed E-state index contributed by atoms with van der Waals surface area (Å²) in [6.45, 7) is 0. The topological polar surface area (TPSA) is 57.0 Å². The predicted octanol–water partition coefficient (Wildman–Crippen LogP) is -0.240. The van der Waals surface area contributed by atoms with Crippen molar-refractivity contribution in [3.8, 4) is 0 Å². The van der Waals surface area contributed by atoms with Crippen LogP contribution in [-0.2, 0) is 43.7 Å². The maximum atomic E-state index is 0. The second-order valence-electron chi connectivity index (χ2n) is 0. The van der Waals surface area contributed by atoms with E-state index in [4.69, 9.17) is 0 Å². The molecule has 0 aromatic rings. The molecule has 0 atom stereocenters. The molecular formula is ErO2Y+2. The molecule has 0 aliphatic heterocycles. The SMILES string of the molecule is [Er+3].[O-2].[O-2].[Y+3]. The molecule has 0 unspecified atom stereocenters. The molecule has 0 aliphatic rings. The third-order valence-electron chi connectivity index (χ3n) is 0. The zero-order valence-corrected chi connectivity index (χ0v) is 6.37. The van der Waals surface area contributed by atoms with Crippen LogP contribution in [0.25, 0.3) is 0 Å². The predicted molar refractivity (Wildman–Crippen MR) is 1.37 cm³/mol. The molecule has 0 fully saturated rings. The van der Waals surface area contributed by atoms with Crippen LogP contribution in [0.4, 0.5) is 0 Å². The molecule has 0 bridgehead atoms. The number of hydrogen-bond acceptors (Lipinski definition) is 0. The summed E-state index contributed by atoms with van der Waals surface area (Å²) < 4.78 is 0. The molecule has 0 saturated carbocycles. The molecule has 0 amide bonds. The van der Waals surface area contributed by atoms with Gasteiger partial charge in [-0.3, -0.25) is 0 Å². The molecule has 0 aromatic carbocycles. The average molecular weight is 288 g/mol. The average Bonchev–Trinajstić information content (AvgIpc) is 0. The largest absolute Gasteiger partial charge is 3.00 e. The van der Waals surface area contributed by atoms with Crippen molar-refractivity contribution >= 4 is 0 Å². The van der Waals surface area contributed by atoms with E-state index in [0.717, 1.165) is 0 Å². The van der Waals surface area contributed by atoms with Gasteiger partial charge in [-0.1, -0.05) is 0 Å². The quantitative estimate of drug-likeness (QED) is 0.591. The fraction of sp³-hybridized carbons (Fsp3) is 0. The Hall–Kier alpha value is 2.27. The van der Waals surface area contributed by atoms with Crippen molar-refractivity contribution in [2.45, 2.75) is 0 Å². The molecule has 1 radical (unpaired) electrons. The number of rotatable bonds is 0. The van der Waals surface area contributed by atoms with Crippen molar-refractivity contribution in [1.82, 2.24) is 0 Å². The Morgan fingerprint density at radius 1 is 0.750 bits per heavy atom. The minimum atomic E-state index is 0. The molecule has 0 heterocycles. The van der Waals surface area contributed by atoms with E-state index >= 15 is 0 Å². The van der Waals surface area contributed by atoms with E-state index in [2.05, 4.69) is 0 Å². The van der Waals surface area contributed by atoms with Gasteiger partial charge in [0.25, 0.3) is 0 Å². The maximum absolute atomic E-state index is 0. The first-order valence-corrected chi connectivity index (χ1v) is 0. The Morgan fingerprint density at radius 3 is 0.750 bits per heavy atom. The Morgan fingerprint density at radius 2 is 0.750 bits per heavy atom. The van der Waals surface area contributed by atoms with Gasteiger partial charge in [-0.05, 0) is 0 Å². The van der Waals surface area contributed by atoms with Crippen molar-refractivity contribution in [1.29, 1.82) is 0 Å². The van der Waals surface area contributed by atoms with E-state index < -0.39 is 0 Å².